The number of benzene rings is 2. The van der Waals surface area contributed by atoms with E-state index >= 15 is 0 Å². The Labute approximate surface area is 183 Å². The number of anilines is 2. The summed E-state index contributed by atoms with van der Waals surface area (Å²) in [5.41, 5.74) is 2.61. The first-order valence-electron chi connectivity index (χ1n) is 11.1. The quantitative estimate of drug-likeness (QED) is 0.471. The normalized spacial score (nSPS) is 18.4. The average molecular weight is 429 g/mol. The number of rotatable bonds is 9. The summed E-state index contributed by atoms with van der Waals surface area (Å²) >= 11 is 0. The van der Waals surface area contributed by atoms with Gasteiger partial charge in [-0.1, -0.05) is 31.5 Å². The second kappa shape index (κ2) is 11.6. The van der Waals surface area contributed by atoms with E-state index in [2.05, 4.69) is 29.7 Å². The van der Waals surface area contributed by atoms with Crippen LogP contribution in [-0.4, -0.2) is 51.1 Å². The highest BCUT2D eigenvalue weighted by atomic mass is 19.1. The minimum Gasteiger partial charge on any atom is -0.321 e. The number of aryl methyl sites for hydroxylation is 1. The van der Waals surface area contributed by atoms with Gasteiger partial charge < -0.3 is 20.4 Å². The molecule has 1 aliphatic heterocycles. The number of halogens is 1. The van der Waals surface area contributed by atoms with Crippen molar-refractivity contribution in [1.29, 1.82) is 0 Å². The molecule has 31 heavy (non-hydrogen) atoms. The molecule has 0 bridgehead atoms. The first-order chi connectivity index (χ1) is 15.0. The molecule has 0 atom stereocenters. The molecule has 4 N–H and O–H groups in total. The standard InChI is InChI=1S/C24H31FN4O2/c1-2-3-5-19-8-10-21(11-9-19)26-23(30)17-28-12-14-29(15-13-28)18-24(31)27-22-7-4-6-20(25)16-22/h4,6-11,16H,2-3,5,12-15,17-18H2,1H3,(H,26,30)(H,27,31)/p+2. The molecule has 0 aromatic heterocycles. The van der Waals surface area contributed by atoms with Gasteiger partial charge >= 0.3 is 0 Å². The summed E-state index contributed by atoms with van der Waals surface area (Å²) in [6.45, 7) is 6.29. The second-order valence-electron chi connectivity index (χ2n) is 8.26. The second-order valence-corrected chi connectivity index (χ2v) is 8.26. The van der Waals surface area contributed by atoms with Crippen LogP contribution < -0.4 is 20.4 Å². The third kappa shape index (κ3) is 7.77. The Morgan fingerprint density at radius 3 is 2.00 bits per heavy atom. The minimum absolute atomic E-state index is 0.0172. The molecule has 0 unspecified atom stereocenters. The predicted molar refractivity (Wildman–Crippen MR) is 120 cm³/mol. The molecule has 2 aromatic carbocycles. The number of nitrogens with one attached hydrogen (secondary N) is 4. The van der Waals surface area contributed by atoms with Crippen LogP contribution in [0, 0.1) is 5.82 Å². The predicted octanol–water partition coefficient (Wildman–Crippen LogP) is 0.529. The van der Waals surface area contributed by atoms with Crippen molar-refractivity contribution in [2.75, 3.05) is 49.9 Å². The zero-order valence-corrected chi connectivity index (χ0v) is 18.2. The van der Waals surface area contributed by atoms with Crippen LogP contribution >= 0.6 is 0 Å². The molecule has 1 heterocycles. The van der Waals surface area contributed by atoms with E-state index in [1.807, 2.05) is 12.1 Å². The third-order valence-electron chi connectivity index (χ3n) is 5.65. The van der Waals surface area contributed by atoms with Crippen molar-refractivity contribution in [2.24, 2.45) is 0 Å². The molecule has 0 radical (unpaired) electrons. The topological polar surface area (TPSA) is 67.1 Å². The van der Waals surface area contributed by atoms with E-state index in [0.717, 1.165) is 38.3 Å². The number of unbranched alkanes of at least 4 members (excludes halogenated alkanes) is 1. The van der Waals surface area contributed by atoms with Crippen LogP contribution in [0.25, 0.3) is 0 Å². The highest BCUT2D eigenvalue weighted by molar-refractivity contribution is 5.92. The van der Waals surface area contributed by atoms with Gasteiger partial charge in [0, 0.05) is 11.4 Å². The summed E-state index contributed by atoms with van der Waals surface area (Å²) in [5.74, 6) is -0.471. The van der Waals surface area contributed by atoms with Crippen molar-refractivity contribution in [3.8, 4) is 0 Å². The van der Waals surface area contributed by atoms with Gasteiger partial charge in [-0.2, -0.15) is 0 Å². The van der Waals surface area contributed by atoms with Gasteiger partial charge in [0.15, 0.2) is 13.1 Å². The molecule has 0 aliphatic carbocycles. The number of quaternary nitrogens is 2. The van der Waals surface area contributed by atoms with Crippen LogP contribution in [0.2, 0.25) is 0 Å². The summed E-state index contributed by atoms with van der Waals surface area (Å²) in [5, 5.41) is 5.73. The van der Waals surface area contributed by atoms with Crippen molar-refractivity contribution >= 4 is 23.2 Å². The lowest BCUT2D eigenvalue weighted by atomic mass is 10.1. The van der Waals surface area contributed by atoms with Crippen molar-refractivity contribution in [3.05, 3.63) is 59.9 Å². The van der Waals surface area contributed by atoms with Crippen LogP contribution in [0.15, 0.2) is 48.5 Å². The van der Waals surface area contributed by atoms with Crippen LogP contribution in [-0.2, 0) is 16.0 Å². The maximum Gasteiger partial charge on any atom is 0.279 e. The van der Waals surface area contributed by atoms with E-state index in [-0.39, 0.29) is 17.6 Å². The maximum absolute atomic E-state index is 13.2. The minimum atomic E-state index is -0.368. The van der Waals surface area contributed by atoms with E-state index in [1.165, 1.54) is 40.3 Å². The Morgan fingerprint density at radius 2 is 1.45 bits per heavy atom. The molecule has 0 spiro atoms. The first kappa shape index (κ1) is 22.9. The Hall–Kier alpha value is -2.77. The Morgan fingerprint density at radius 1 is 0.871 bits per heavy atom. The number of hydrogen-bond acceptors (Lipinski definition) is 2. The number of carbonyl (C=O) groups is 2. The number of carbonyl (C=O) groups excluding carboxylic acids is 2. The summed E-state index contributed by atoms with van der Waals surface area (Å²) in [6.07, 6.45) is 3.42. The van der Waals surface area contributed by atoms with E-state index in [1.54, 1.807) is 12.1 Å². The summed E-state index contributed by atoms with van der Waals surface area (Å²) in [6, 6.07) is 14.0. The Bertz CT molecular complexity index is 864. The molecule has 3 rings (SSSR count). The van der Waals surface area contributed by atoms with Crippen LogP contribution in [0.5, 0.6) is 0 Å². The summed E-state index contributed by atoms with van der Waals surface area (Å²) in [4.78, 5) is 27.0. The number of hydrogen-bond donors (Lipinski definition) is 4. The molecule has 1 aliphatic rings. The molecule has 7 heteroatoms. The molecular weight excluding hydrogens is 395 g/mol. The smallest absolute Gasteiger partial charge is 0.279 e. The van der Waals surface area contributed by atoms with Gasteiger partial charge in [-0.3, -0.25) is 9.59 Å². The Balaban J connectivity index is 1.36. The number of amides is 2. The van der Waals surface area contributed by atoms with Crippen molar-refractivity contribution in [2.45, 2.75) is 26.2 Å². The number of piperazine rings is 1. The SMILES string of the molecule is CCCCc1ccc(NC(=O)C[NH+]2CC[NH+](CC(=O)Nc3cccc(F)c3)CC2)cc1. The van der Waals surface area contributed by atoms with E-state index in [9.17, 15) is 14.0 Å². The largest absolute Gasteiger partial charge is 0.321 e. The Kier molecular flexibility index (Phi) is 8.55. The van der Waals surface area contributed by atoms with Crippen LogP contribution in [0.1, 0.15) is 25.3 Å². The lowest BCUT2D eigenvalue weighted by Crippen LogP contribution is -3.28. The fraction of sp³-hybridized carbons (Fsp3) is 0.417. The van der Waals surface area contributed by atoms with Gasteiger partial charge in [-0.05, 0) is 48.7 Å². The average Bonchev–Trinajstić information content (AvgIpc) is 2.74. The zero-order valence-electron chi connectivity index (χ0n) is 18.2. The maximum atomic E-state index is 13.2. The van der Waals surface area contributed by atoms with Gasteiger partial charge in [0.1, 0.15) is 32.0 Å². The van der Waals surface area contributed by atoms with E-state index in [0.29, 0.717) is 18.8 Å². The van der Waals surface area contributed by atoms with E-state index < -0.39 is 0 Å². The molecule has 6 nitrogen and oxygen atoms in total. The molecule has 1 fully saturated rings. The van der Waals surface area contributed by atoms with Crippen molar-refractivity contribution < 1.29 is 23.8 Å². The van der Waals surface area contributed by atoms with Gasteiger partial charge in [0.05, 0.1) is 0 Å². The molecular formula is C24H33FN4O2+2. The summed E-state index contributed by atoms with van der Waals surface area (Å²) < 4.78 is 13.2. The van der Waals surface area contributed by atoms with Crippen molar-refractivity contribution in [1.82, 2.24) is 0 Å². The lowest BCUT2D eigenvalue weighted by molar-refractivity contribution is -1.00. The monoisotopic (exact) mass is 428 g/mol. The highest BCUT2D eigenvalue weighted by Gasteiger charge is 2.26. The fourth-order valence-corrected chi connectivity index (χ4v) is 3.88. The molecule has 0 saturated carbocycles. The molecule has 1 saturated heterocycles. The summed E-state index contributed by atoms with van der Waals surface area (Å²) in [7, 11) is 0. The fourth-order valence-electron chi connectivity index (χ4n) is 3.88. The molecule has 2 aromatic rings. The van der Waals surface area contributed by atoms with Gasteiger partial charge in [-0.25, -0.2) is 4.39 Å². The van der Waals surface area contributed by atoms with E-state index in [4.69, 9.17) is 0 Å². The van der Waals surface area contributed by atoms with Crippen LogP contribution in [0.3, 0.4) is 0 Å². The third-order valence-corrected chi connectivity index (χ3v) is 5.65. The van der Waals surface area contributed by atoms with Gasteiger partial charge in [0.25, 0.3) is 11.8 Å². The van der Waals surface area contributed by atoms with Crippen molar-refractivity contribution in [3.63, 3.8) is 0 Å². The van der Waals surface area contributed by atoms with Gasteiger partial charge in [0.2, 0.25) is 0 Å². The molecule has 2 amide bonds. The lowest BCUT2D eigenvalue weighted by Gasteiger charge is -2.29. The zero-order chi connectivity index (χ0) is 22.1. The first-order valence-corrected chi connectivity index (χ1v) is 11.1. The molecule has 166 valence electrons. The highest BCUT2D eigenvalue weighted by Crippen LogP contribution is 2.11. The van der Waals surface area contributed by atoms with Gasteiger partial charge in [-0.15, -0.1) is 0 Å². The van der Waals surface area contributed by atoms with Crippen LogP contribution in [0.4, 0.5) is 15.8 Å².